The molecule has 0 aliphatic carbocycles. The number of primary amides is 1. The number of anilines is 2. The molecule has 1 heterocycles. The van der Waals surface area contributed by atoms with Crippen molar-refractivity contribution in [2.45, 2.75) is 6.54 Å². The summed E-state index contributed by atoms with van der Waals surface area (Å²) >= 11 is 0. The summed E-state index contributed by atoms with van der Waals surface area (Å²) in [5.41, 5.74) is 11.5. The van der Waals surface area contributed by atoms with Gasteiger partial charge in [0.05, 0.1) is 6.54 Å². The first-order valence-electron chi connectivity index (χ1n) is 5.85. The van der Waals surface area contributed by atoms with Crippen LogP contribution in [-0.2, 0) is 6.54 Å². The Labute approximate surface area is 114 Å². The summed E-state index contributed by atoms with van der Waals surface area (Å²) in [6.07, 6.45) is 0. The highest BCUT2D eigenvalue weighted by atomic mass is 16.4. The summed E-state index contributed by atoms with van der Waals surface area (Å²) in [5, 5.41) is 5.08. The van der Waals surface area contributed by atoms with Gasteiger partial charge in [-0.15, -0.1) is 0 Å². The van der Waals surface area contributed by atoms with E-state index >= 15 is 0 Å². The van der Waals surface area contributed by atoms with E-state index in [0.717, 1.165) is 0 Å². The standard InChI is InChI=1S/C13H14N4O3/c14-7-10-5-6-11(20-10)12(18)16-8-1-3-9(4-2-8)17-13(15)19/h1-6H,7,14H2,(H,16,18)(H3,15,17,19). The van der Waals surface area contributed by atoms with Gasteiger partial charge < -0.3 is 26.5 Å². The number of furan rings is 1. The molecule has 104 valence electrons. The van der Waals surface area contributed by atoms with E-state index in [-0.39, 0.29) is 18.2 Å². The largest absolute Gasteiger partial charge is 0.455 e. The van der Waals surface area contributed by atoms with Crippen LogP contribution in [0, 0.1) is 0 Å². The van der Waals surface area contributed by atoms with Gasteiger partial charge in [0.25, 0.3) is 5.91 Å². The third-order valence-electron chi connectivity index (χ3n) is 2.50. The molecule has 1 aromatic heterocycles. The lowest BCUT2D eigenvalue weighted by atomic mass is 10.2. The zero-order chi connectivity index (χ0) is 14.5. The molecule has 0 bridgehead atoms. The summed E-state index contributed by atoms with van der Waals surface area (Å²) in [6.45, 7) is 0.237. The van der Waals surface area contributed by atoms with Gasteiger partial charge in [-0.2, -0.15) is 0 Å². The van der Waals surface area contributed by atoms with E-state index in [2.05, 4.69) is 10.6 Å². The molecule has 0 spiro atoms. The Kier molecular flexibility index (Phi) is 4.02. The molecule has 1 aromatic carbocycles. The van der Waals surface area contributed by atoms with Crippen molar-refractivity contribution in [2.24, 2.45) is 11.5 Å². The third-order valence-corrected chi connectivity index (χ3v) is 2.50. The number of carbonyl (C=O) groups is 2. The second-order valence-electron chi connectivity index (χ2n) is 3.99. The highest BCUT2D eigenvalue weighted by molar-refractivity contribution is 6.02. The normalized spacial score (nSPS) is 10.1. The molecular weight excluding hydrogens is 260 g/mol. The van der Waals surface area contributed by atoms with E-state index in [1.54, 1.807) is 36.4 Å². The molecule has 0 unspecified atom stereocenters. The molecule has 0 atom stereocenters. The quantitative estimate of drug-likeness (QED) is 0.674. The molecule has 0 saturated carbocycles. The van der Waals surface area contributed by atoms with Crippen LogP contribution in [-0.4, -0.2) is 11.9 Å². The van der Waals surface area contributed by atoms with Crippen LogP contribution in [0.3, 0.4) is 0 Å². The van der Waals surface area contributed by atoms with E-state index in [0.29, 0.717) is 17.1 Å². The number of rotatable bonds is 4. The predicted molar refractivity (Wildman–Crippen MR) is 74.2 cm³/mol. The topological polar surface area (TPSA) is 123 Å². The Morgan fingerprint density at radius 3 is 2.10 bits per heavy atom. The first-order valence-corrected chi connectivity index (χ1v) is 5.85. The smallest absolute Gasteiger partial charge is 0.316 e. The average Bonchev–Trinajstić information content (AvgIpc) is 2.89. The lowest BCUT2D eigenvalue weighted by molar-refractivity contribution is 0.0995. The molecule has 2 aromatic rings. The van der Waals surface area contributed by atoms with Crippen LogP contribution in [0.15, 0.2) is 40.8 Å². The van der Waals surface area contributed by atoms with Crippen LogP contribution in [0.1, 0.15) is 16.3 Å². The molecule has 0 aliphatic rings. The van der Waals surface area contributed by atoms with E-state index in [1.807, 2.05) is 0 Å². The van der Waals surface area contributed by atoms with Crippen molar-refractivity contribution >= 4 is 23.3 Å². The number of hydrogen-bond donors (Lipinski definition) is 4. The van der Waals surface area contributed by atoms with Gasteiger partial charge in [0.15, 0.2) is 5.76 Å². The predicted octanol–water partition coefficient (Wildman–Crippen LogP) is 1.48. The van der Waals surface area contributed by atoms with Crippen molar-refractivity contribution in [1.29, 1.82) is 0 Å². The maximum atomic E-state index is 11.9. The number of amides is 3. The van der Waals surface area contributed by atoms with E-state index < -0.39 is 6.03 Å². The zero-order valence-corrected chi connectivity index (χ0v) is 10.6. The Bertz CT molecular complexity index is 619. The van der Waals surface area contributed by atoms with Crippen LogP contribution >= 0.6 is 0 Å². The maximum Gasteiger partial charge on any atom is 0.316 e. The second kappa shape index (κ2) is 5.89. The molecular formula is C13H14N4O3. The number of nitrogens with one attached hydrogen (secondary N) is 2. The lowest BCUT2D eigenvalue weighted by Crippen LogP contribution is -2.19. The van der Waals surface area contributed by atoms with Crippen molar-refractivity contribution in [1.82, 2.24) is 0 Å². The first-order chi connectivity index (χ1) is 9.58. The minimum atomic E-state index is -0.647. The SMILES string of the molecule is NCc1ccc(C(=O)Nc2ccc(NC(N)=O)cc2)o1. The molecule has 3 amide bonds. The molecule has 7 heteroatoms. The van der Waals surface area contributed by atoms with Crippen molar-refractivity contribution in [2.75, 3.05) is 10.6 Å². The molecule has 7 nitrogen and oxygen atoms in total. The fourth-order valence-electron chi connectivity index (χ4n) is 1.58. The number of hydrogen-bond acceptors (Lipinski definition) is 4. The molecule has 2 rings (SSSR count). The van der Waals surface area contributed by atoms with E-state index in [1.165, 1.54) is 0 Å². The molecule has 0 fully saturated rings. The lowest BCUT2D eigenvalue weighted by Gasteiger charge is -2.05. The maximum absolute atomic E-state index is 11.9. The van der Waals surface area contributed by atoms with Gasteiger partial charge in [0.1, 0.15) is 5.76 Å². The highest BCUT2D eigenvalue weighted by Gasteiger charge is 2.10. The van der Waals surface area contributed by atoms with Crippen molar-refractivity contribution in [3.63, 3.8) is 0 Å². The summed E-state index contributed by atoms with van der Waals surface area (Å²) in [6, 6.07) is 9.06. The van der Waals surface area contributed by atoms with Gasteiger partial charge in [-0.05, 0) is 36.4 Å². The van der Waals surface area contributed by atoms with Crippen LogP contribution in [0.5, 0.6) is 0 Å². The Balaban J connectivity index is 2.02. The van der Waals surface area contributed by atoms with E-state index in [9.17, 15) is 9.59 Å². The van der Waals surface area contributed by atoms with Crippen LogP contribution in [0.25, 0.3) is 0 Å². The van der Waals surface area contributed by atoms with Crippen LogP contribution < -0.4 is 22.1 Å². The van der Waals surface area contributed by atoms with Crippen LogP contribution in [0.2, 0.25) is 0 Å². The van der Waals surface area contributed by atoms with Gasteiger partial charge >= 0.3 is 6.03 Å². The fraction of sp³-hybridized carbons (Fsp3) is 0.0769. The summed E-state index contributed by atoms with van der Waals surface area (Å²) in [5.74, 6) is 0.348. The first kappa shape index (κ1) is 13.6. The Morgan fingerprint density at radius 2 is 1.60 bits per heavy atom. The van der Waals surface area contributed by atoms with Gasteiger partial charge in [0.2, 0.25) is 0 Å². The summed E-state index contributed by atoms with van der Waals surface area (Å²) in [4.78, 5) is 22.5. The van der Waals surface area contributed by atoms with Crippen molar-refractivity contribution < 1.29 is 14.0 Å². The molecule has 0 saturated heterocycles. The number of carbonyl (C=O) groups excluding carboxylic acids is 2. The zero-order valence-electron chi connectivity index (χ0n) is 10.6. The van der Waals surface area contributed by atoms with Gasteiger partial charge in [-0.3, -0.25) is 4.79 Å². The highest BCUT2D eigenvalue weighted by Crippen LogP contribution is 2.15. The molecule has 20 heavy (non-hydrogen) atoms. The average molecular weight is 274 g/mol. The molecule has 6 N–H and O–H groups in total. The minimum absolute atomic E-state index is 0.185. The van der Waals surface area contributed by atoms with Gasteiger partial charge in [-0.1, -0.05) is 0 Å². The van der Waals surface area contributed by atoms with E-state index in [4.69, 9.17) is 15.9 Å². The van der Waals surface area contributed by atoms with Crippen LogP contribution in [0.4, 0.5) is 16.2 Å². The van der Waals surface area contributed by atoms with Gasteiger partial charge in [-0.25, -0.2) is 4.79 Å². The number of nitrogens with two attached hydrogens (primary N) is 2. The third kappa shape index (κ3) is 3.36. The fourth-order valence-corrected chi connectivity index (χ4v) is 1.58. The van der Waals surface area contributed by atoms with Crippen molar-refractivity contribution in [3.8, 4) is 0 Å². The second-order valence-corrected chi connectivity index (χ2v) is 3.99. The minimum Gasteiger partial charge on any atom is -0.455 e. The molecule has 0 aliphatic heterocycles. The Morgan fingerprint density at radius 1 is 1.00 bits per heavy atom. The van der Waals surface area contributed by atoms with Gasteiger partial charge in [0, 0.05) is 11.4 Å². The summed E-state index contributed by atoms with van der Waals surface area (Å²) < 4.78 is 5.23. The molecule has 0 radical (unpaired) electrons. The number of benzene rings is 1. The summed E-state index contributed by atoms with van der Waals surface area (Å²) in [7, 11) is 0. The van der Waals surface area contributed by atoms with Crippen molar-refractivity contribution in [3.05, 3.63) is 47.9 Å². The number of urea groups is 1. The monoisotopic (exact) mass is 274 g/mol. The Hall–Kier alpha value is -2.80.